The molecule has 0 aliphatic carbocycles. The number of aliphatic carboxylic acids is 2. The van der Waals surface area contributed by atoms with Crippen LogP contribution in [0.1, 0.15) is 80.1 Å². The van der Waals surface area contributed by atoms with Gasteiger partial charge in [0.05, 0.1) is 11.9 Å². The molecule has 240 valence electrons. The summed E-state index contributed by atoms with van der Waals surface area (Å²) >= 11 is 0. The fourth-order valence-electron chi connectivity index (χ4n) is 2.04. The second-order valence-corrected chi connectivity index (χ2v) is 7.69. The van der Waals surface area contributed by atoms with Crippen LogP contribution in [-0.4, -0.2) is 79.7 Å². The van der Waals surface area contributed by atoms with Crippen LogP contribution in [0.25, 0.3) is 0 Å². The van der Waals surface area contributed by atoms with Crippen LogP contribution in [0, 0.1) is 0 Å². The van der Waals surface area contributed by atoms with E-state index >= 15 is 0 Å². The molecule has 0 fully saturated rings. The van der Waals surface area contributed by atoms with E-state index in [0.29, 0.717) is 25.7 Å². The normalized spacial score (nSPS) is 12.1. The molecule has 0 aromatic carbocycles. The maximum absolute atomic E-state index is 12.1. The minimum absolute atomic E-state index is 0. The Morgan fingerprint density at radius 3 is 0.750 bits per heavy atom. The quantitative estimate of drug-likeness (QED) is 0.103. The fourth-order valence-corrected chi connectivity index (χ4v) is 2.04. The van der Waals surface area contributed by atoms with Gasteiger partial charge in [-0.2, -0.15) is 0 Å². The first-order valence-corrected chi connectivity index (χ1v) is 13.7. The predicted octanol–water partition coefficient (Wildman–Crippen LogP) is 2.66. The zero-order chi connectivity index (χ0) is 33.5. The van der Waals surface area contributed by atoms with Gasteiger partial charge in [-0.1, -0.05) is 78.0 Å². The van der Waals surface area contributed by atoms with Gasteiger partial charge in [-0.05, 0) is 50.7 Å². The van der Waals surface area contributed by atoms with Crippen LogP contribution in [0.3, 0.4) is 0 Å². The van der Waals surface area contributed by atoms with E-state index in [1.54, 1.807) is 27.7 Å². The van der Waals surface area contributed by atoms with Crippen LogP contribution in [0.2, 0.25) is 0 Å². The van der Waals surface area contributed by atoms with Crippen molar-refractivity contribution in [3.8, 4) is 0 Å². The molecular weight excluding hydrogens is 604 g/mol. The molecule has 0 aliphatic rings. The third-order valence-electron chi connectivity index (χ3n) is 3.84. The van der Waals surface area contributed by atoms with E-state index in [9.17, 15) is 39.0 Å². The van der Waals surface area contributed by atoms with Gasteiger partial charge < -0.3 is 38.7 Å². The first-order chi connectivity index (χ1) is 20.4. The second kappa shape index (κ2) is 32.4. The molecule has 0 amide bonds. The van der Waals surface area contributed by atoms with Gasteiger partial charge in [-0.3, -0.25) is 0 Å². The first kappa shape index (κ1) is 47.5. The minimum atomic E-state index is -3.02. The number of carboxylic acid groups (broad SMARTS) is 2. The summed E-state index contributed by atoms with van der Waals surface area (Å²) in [6.45, 7) is 10.8. The van der Waals surface area contributed by atoms with Gasteiger partial charge in [0, 0.05) is 24.3 Å². The molecule has 0 aliphatic heterocycles. The molecule has 0 bridgehead atoms. The van der Waals surface area contributed by atoms with Crippen molar-refractivity contribution in [1.29, 1.82) is 0 Å². The molecule has 0 spiro atoms. The van der Waals surface area contributed by atoms with Gasteiger partial charge in [0.15, 0.2) is 0 Å². The third-order valence-corrected chi connectivity index (χ3v) is 3.84. The molecule has 0 unspecified atom stereocenters. The summed E-state index contributed by atoms with van der Waals surface area (Å²) in [7, 11) is 0. The molecule has 0 saturated carbocycles. The van der Waals surface area contributed by atoms with Crippen LogP contribution in [0.4, 0.5) is 0 Å². The molecule has 0 aromatic rings. The largest absolute Gasteiger partial charge is 2.00 e. The Morgan fingerprint density at radius 1 is 0.432 bits per heavy atom. The molecule has 0 N–H and O–H groups in total. The summed E-state index contributed by atoms with van der Waals surface area (Å²) in [5, 5.41) is 19.1. The van der Waals surface area contributed by atoms with Crippen LogP contribution in [0.5, 0.6) is 0 Å². The van der Waals surface area contributed by atoms with E-state index in [-0.39, 0.29) is 37.7 Å². The van der Waals surface area contributed by atoms with E-state index in [1.165, 1.54) is 36.5 Å². The van der Waals surface area contributed by atoms with Crippen molar-refractivity contribution >= 4 is 73.6 Å². The van der Waals surface area contributed by atoms with Crippen molar-refractivity contribution < 1.29 is 57.9 Å². The number of rotatable bonds is 16. The number of esters is 4. The maximum Gasteiger partial charge on any atom is 2.00 e. The summed E-state index contributed by atoms with van der Waals surface area (Å²) in [5.74, 6) is -6.42. The van der Waals surface area contributed by atoms with Crippen LogP contribution >= 0.6 is 0 Å². The van der Waals surface area contributed by atoms with E-state index in [2.05, 4.69) is 0 Å². The SMILES string of the molecule is CCC=CC(=O)OC(OC(=O)C=CCC)(OC(=O)C=CCC)OC(=O)C=CCC.CCC=CC(=O)[O-].CCC=CC(=O)[O-].[Ca+2]. The Hall–Kier alpha value is -3.48. The number of hydrogen-bond acceptors (Lipinski definition) is 12. The first-order valence-electron chi connectivity index (χ1n) is 13.7. The summed E-state index contributed by atoms with van der Waals surface area (Å²) in [4.78, 5) is 67.4. The zero-order valence-electron chi connectivity index (χ0n) is 26.3. The molecule has 12 nitrogen and oxygen atoms in total. The molecular formula is C31H42CaO12. The van der Waals surface area contributed by atoms with Gasteiger partial charge in [-0.25, -0.2) is 19.2 Å². The predicted molar refractivity (Wildman–Crippen MR) is 159 cm³/mol. The monoisotopic (exact) mass is 646 g/mol. The summed E-state index contributed by atoms with van der Waals surface area (Å²) in [5.41, 5.74) is 0. The molecule has 0 radical (unpaired) electrons. The van der Waals surface area contributed by atoms with Crippen molar-refractivity contribution in [2.45, 2.75) is 86.2 Å². The molecule has 0 rings (SSSR count). The Bertz CT molecular complexity index is 895. The zero-order valence-corrected chi connectivity index (χ0v) is 28.5. The number of hydrogen-bond donors (Lipinski definition) is 0. The van der Waals surface area contributed by atoms with Gasteiger partial charge in [0.25, 0.3) is 0 Å². The third kappa shape index (κ3) is 33.0. The Labute approximate surface area is 289 Å². The van der Waals surface area contributed by atoms with E-state index in [4.69, 9.17) is 18.9 Å². The molecule has 0 aromatic heterocycles. The van der Waals surface area contributed by atoms with Crippen molar-refractivity contribution in [3.05, 3.63) is 72.9 Å². The minimum Gasteiger partial charge on any atom is -0.545 e. The summed E-state index contributed by atoms with van der Waals surface area (Å²) in [6.07, 6.45) is 15.6. The number of ether oxygens (including phenoxy) is 4. The van der Waals surface area contributed by atoms with Crippen molar-refractivity contribution in [3.63, 3.8) is 0 Å². The second-order valence-electron chi connectivity index (χ2n) is 7.69. The Morgan fingerprint density at radius 2 is 0.614 bits per heavy atom. The molecule has 0 atom stereocenters. The van der Waals surface area contributed by atoms with Crippen LogP contribution in [-0.2, 0) is 47.7 Å². The van der Waals surface area contributed by atoms with Gasteiger partial charge in [0.2, 0.25) is 0 Å². The van der Waals surface area contributed by atoms with E-state index < -0.39 is 42.0 Å². The Balaban J connectivity index is -0.000000438. The fraction of sp³-hybridized carbons (Fsp3) is 0.419. The Kier molecular flexibility index (Phi) is 35.0. The van der Waals surface area contributed by atoms with Gasteiger partial charge in [0.1, 0.15) is 0 Å². The van der Waals surface area contributed by atoms with Crippen LogP contribution in [0.15, 0.2) is 72.9 Å². The van der Waals surface area contributed by atoms with E-state index in [0.717, 1.165) is 49.3 Å². The maximum atomic E-state index is 12.1. The van der Waals surface area contributed by atoms with Crippen molar-refractivity contribution in [1.82, 2.24) is 0 Å². The molecule has 0 heterocycles. The number of carbonyl (C=O) groups is 6. The summed E-state index contributed by atoms with van der Waals surface area (Å²) in [6, 6.07) is 0. The topological polar surface area (TPSA) is 185 Å². The molecule has 0 saturated heterocycles. The average molecular weight is 647 g/mol. The van der Waals surface area contributed by atoms with Crippen LogP contribution < -0.4 is 10.2 Å². The summed E-state index contributed by atoms with van der Waals surface area (Å²) < 4.78 is 19.7. The smallest absolute Gasteiger partial charge is 0.545 e. The van der Waals surface area contributed by atoms with Gasteiger partial charge in [-0.15, -0.1) is 0 Å². The average Bonchev–Trinajstić information content (AvgIpc) is 2.95. The number of carbonyl (C=O) groups excluding carboxylic acids is 6. The van der Waals surface area contributed by atoms with E-state index in [1.807, 2.05) is 13.8 Å². The number of carboxylic acids is 2. The number of allylic oxidation sites excluding steroid dienone is 6. The van der Waals surface area contributed by atoms with Gasteiger partial charge >= 0.3 is 67.8 Å². The molecule has 13 heteroatoms. The van der Waals surface area contributed by atoms with Crippen molar-refractivity contribution in [2.75, 3.05) is 0 Å². The van der Waals surface area contributed by atoms with Crippen molar-refractivity contribution in [2.24, 2.45) is 0 Å². The molecule has 44 heavy (non-hydrogen) atoms. The standard InChI is InChI=1S/C21H28O8.2C5H8O2.Ca/c1-5-9-13-17(22)26-21(27-18(23)14-10-6-2,28-19(24)15-11-7-3)29-20(25)16-12-8-4;2*1-2-3-4-5(6)7;/h9-16H,5-8H2,1-4H3;2*3-4H,2H2,1H3,(H,6,7);/q;;;+2/p-2.